The smallest absolute Gasteiger partial charge is 0.161 e. The Kier molecular flexibility index (Phi) is 6.48. The summed E-state index contributed by atoms with van der Waals surface area (Å²) in [6, 6.07) is 6.00. The van der Waals surface area contributed by atoms with E-state index in [1.807, 2.05) is 18.2 Å². The maximum atomic E-state index is 5.75. The van der Waals surface area contributed by atoms with Gasteiger partial charge in [-0.3, -0.25) is 0 Å². The van der Waals surface area contributed by atoms with Gasteiger partial charge in [0.15, 0.2) is 11.5 Å². The summed E-state index contributed by atoms with van der Waals surface area (Å²) in [6.45, 7) is 3.58. The first-order chi connectivity index (χ1) is 8.31. The molecule has 3 nitrogen and oxygen atoms in total. The van der Waals surface area contributed by atoms with E-state index in [4.69, 9.17) is 15.2 Å². The van der Waals surface area contributed by atoms with Crippen LogP contribution in [0.5, 0.6) is 11.5 Å². The Labute approximate surface area is 104 Å². The number of unbranched alkanes of at least 4 members (excludes halogenated alkanes) is 2. The first kappa shape index (κ1) is 13.8. The number of hydrogen-bond acceptors (Lipinski definition) is 3. The van der Waals surface area contributed by atoms with E-state index in [9.17, 15) is 0 Å². The molecule has 0 bridgehead atoms. The van der Waals surface area contributed by atoms with Gasteiger partial charge in [-0.1, -0.05) is 25.8 Å². The predicted octanol–water partition coefficient (Wildman–Crippen LogP) is 2.77. The van der Waals surface area contributed by atoms with Crippen molar-refractivity contribution in [1.82, 2.24) is 0 Å². The summed E-state index contributed by atoms with van der Waals surface area (Å²) in [5.41, 5.74) is 6.74. The standard InChI is InChI=1S/C14H23NO2/c1-3-4-5-10-17-14-11-12(8-9-15)6-7-13(14)16-2/h6-7,11H,3-5,8-10,15H2,1-2H3. The molecule has 1 aromatic rings. The SMILES string of the molecule is CCCCCOc1cc(CCN)ccc1OC. The fraction of sp³-hybridized carbons (Fsp3) is 0.571. The van der Waals surface area contributed by atoms with Crippen LogP contribution in [0.15, 0.2) is 18.2 Å². The molecule has 0 unspecified atom stereocenters. The lowest BCUT2D eigenvalue weighted by Crippen LogP contribution is -2.04. The molecule has 3 heteroatoms. The highest BCUT2D eigenvalue weighted by Gasteiger charge is 2.05. The van der Waals surface area contributed by atoms with Gasteiger partial charge in [-0.05, 0) is 37.1 Å². The second-order valence-electron chi connectivity index (χ2n) is 4.08. The summed E-state index contributed by atoms with van der Waals surface area (Å²) in [7, 11) is 1.66. The summed E-state index contributed by atoms with van der Waals surface area (Å²) in [4.78, 5) is 0. The van der Waals surface area contributed by atoms with Crippen molar-refractivity contribution in [3.8, 4) is 11.5 Å². The Morgan fingerprint density at radius 3 is 2.65 bits per heavy atom. The summed E-state index contributed by atoms with van der Waals surface area (Å²) in [5, 5.41) is 0. The van der Waals surface area contributed by atoms with Gasteiger partial charge < -0.3 is 15.2 Å². The van der Waals surface area contributed by atoms with Crippen molar-refractivity contribution >= 4 is 0 Å². The van der Waals surface area contributed by atoms with Gasteiger partial charge in [0, 0.05) is 0 Å². The van der Waals surface area contributed by atoms with E-state index in [2.05, 4.69) is 6.92 Å². The van der Waals surface area contributed by atoms with Crippen LogP contribution >= 0.6 is 0 Å². The first-order valence-electron chi connectivity index (χ1n) is 6.31. The molecule has 1 aromatic carbocycles. The third-order valence-electron chi connectivity index (χ3n) is 2.67. The quantitative estimate of drug-likeness (QED) is 0.707. The normalized spacial score (nSPS) is 10.3. The van der Waals surface area contributed by atoms with Crippen LogP contribution in [0.4, 0.5) is 0 Å². The second kappa shape index (κ2) is 7.96. The Hall–Kier alpha value is -1.22. The van der Waals surface area contributed by atoms with Crippen molar-refractivity contribution in [2.24, 2.45) is 5.73 Å². The zero-order chi connectivity index (χ0) is 12.5. The average molecular weight is 237 g/mol. The van der Waals surface area contributed by atoms with Crippen LogP contribution in [0, 0.1) is 0 Å². The van der Waals surface area contributed by atoms with Crippen molar-refractivity contribution in [1.29, 1.82) is 0 Å². The third kappa shape index (κ3) is 4.65. The first-order valence-corrected chi connectivity index (χ1v) is 6.31. The number of ether oxygens (including phenoxy) is 2. The maximum absolute atomic E-state index is 5.75. The average Bonchev–Trinajstić information content (AvgIpc) is 2.35. The molecular formula is C14H23NO2. The minimum Gasteiger partial charge on any atom is -0.493 e. The molecule has 0 aromatic heterocycles. The molecule has 17 heavy (non-hydrogen) atoms. The highest BCUT2D eigenvalue weighted by atomic mass is 16.5. The van der Waals surface area contributed by atoms with Crippen molar-refractivity contribution in [3.05, 3.63) is 23.8 Å². The van der Waals surface area contributed by atoms with Crippen LogP contribution in [0.2, 0.25) is 0 Å². The molecular weight excluding hydrogens is 214 g/mol. The van der Waals surface area contributed by atoms with E-state index in [1.54, 1.807) is 7.11 Å². The molecule has 0 spiro atoms. The maximum Gasteiger partial charge on any atom is 0.161 e. The number of methoxy groups -OCH3 is 1. The van der Waals surface area contributed by atoms with Crippen LogP contribution in [-0.4, -0.2) is 20.3 Å². The largest absolute Gasteiger partial charge is 0.493 e. The van der Waals surface area contributed by atoms with Crippen LogP contribution in [-0.2, 0) is 6.42 Å². The Bertz CT molecular complexity index is 326. The Balaban J connectivity index is 2.62. The summed E-state index contributed by atoms with van der Waals surface area (Å²) < 4.78 is 11.0. The minimum atomic E-state index is 0.654. The molecule has 96 valence electrons. The minimum absolute atomic E-state index is 0.654. The predicted molar refractivity (Wildman–Crippen MR) is 70.8 cm³/mol. The van der Waals surface area contributed by atoms with Crippen LogP contribution in [0.25, 0.3) is 0 Å². The zero-order valence-electron chi connectivity index (χ0n) is 10.9. The molecule has 0 aliphatic carbocycles. The molecule has 0 aliphatic rings. The van der Waals surface area contributed by atoms with E-state index in [-0.39, 0.29) is 0 Å². The van der Waals surface area contributed by atoms with Crippen molar-refractivity contribution in [2.45, 2.75) is 32.6 Å². The van der Waals surface area contributed by atoms with Crippen LogP contribution < -0.4 is 15.2 Å². The number of hydrogen-bond donors (Lipinski definition) is 1. The van der Waals surface area contributed by atoms with Gasteiger partial charge in [0.1, 0.15) is 0 Å². The zero-order valence-corrected chi connectivity index (χ0v) is 10.9. The molecule has 0 aliphatic heterocycles. The number of benzene rings is 1. The molecule has 0 heterocycles. The van der Waals surface area contributed by atoms with Gasteiger partial charge >= 0.3 is 0 Å². The van der Waals surface area contributed by atoms with E-state index in [1.165, 1.54) is 18.4 Å². The summed E-state index contributed by atoms with van der Waals surface area (Å²) in [6.07, 6.45) is 4.36. The fourth-order valence-electron chi connectivity index (χ4n) is 1.69. The molecule has 0 fully saturated rings. The van der Waals surface area contributed by atoms with E-state index in [0.717, 1.165) is 30.9 Å². The second-order valence-corrected chi connectivity index (χ2v) is 4.08. The lowest BCUT2D eigenvalue weighted by Gasteiger charge is -2.12. The highest BCUT2D eigenvalue weighted by molar-refractivity contribution is 5.43. The molecule has 0 radical (unpaired) electrons. The van der Waals surface area contributed by atoms with Gasteiger partial charge in [0.2, 0.25) is 0 Å². The van der Waals surface area contributed by atoms with Crippen molar-refractivity contribution < 1.29 is 9.47 Å². The van der Waals surface area contributed by atoms with Crippen molar-refractivity contribution in [2.75, 3.05) is 20.3 Å². The third-order valence-corrected chi connectivity index (χ3v) is 2.67. The van der Waals surface area contributed by atoms with Crippen LogP contribution in [0.3, 0.4) is 0 Å². The molecule has 0 amide bonds. The van der Waals surface area contributed by atoms with E-state index < -0.39 is 0 Å². The molecule has 2 N–H and O–H groups in total. The van der Waals surface area contributed by atoms with Gasteiger partial charge in [0.25, 0.3) is 0 Å². The molecule has 0 saturated carbocycles. The topological polar surface area (TPSA) is 44.5 Å². The molecule has 1 rings (SSSR count). The van der Waals surface area contributed by atoms with Gasteiger partial charge in [-0.15, -0.1) is 0 Å². The Morgan fingerprint density at radius 2 is 2.00 bits per heavy atom. The monoisotopic (exact) mass is 237 g/mol. The number of rotatable bonds is 8. The summed E-state index contributed by atoms with van der Waals surface area (Å²) >= 11 is 0. The fourth-order valence-corrected chi connectivity index (χ4v) is 1.69. The molecule has 0 saturated heterocycles. The van der Waals surface area contributed by atoms with E-state index >= 15 is 0 Å². The van der Waals surface area contributed by atoms with Gasteiger partial charge in [-0.2, -0.15) is 0 Å². The highest BCUT2D eigenvalue weighted by Crippen LogP contribution is 2.28. The lowest BCUT2D eigenvalue weighted by molar-refractivity contribution is 0.285. The summed E-state index contributed by atoms with van der Waals surface area (Å²) in [5.74, 6) is 1.62. The number of nitrogens with two attached hydrogens (primary N) is 1. The van der Waals surface area contributed by atoms with Gasteiger partial charge in [-0.25, -0.2) is 0 Å². The van der Waals surface area contributed by atoms with E-state index in [0.29, 0.717) is 6.54 Å². The van der Waals surface area contributed by atoms with Gasteiger partial charge in [0.05, 0.1) is 13.7 Å². The Morgan fingerprint density at radius 1 is 1.18 bits per heavy atom. The molecule has 0 atom stereocenters. The van der Waals surface area contributed by atoms with Crippen LogP contribution in [0.1, 0.15) is 31.7 Å². The lowest BCUT2D eigenvalue weighted by atomic mass is 10.1. The van der Waals surface area contributed by atoms with Crippen molar-refractivity contribution in [3.63, 3.8) is 0 Å².